The van der Waals surface area contributed by atoms with Gasteiger partial charge in [-0.25, -0.2) is 0 Å². The Hall–Kier alpha value is -2.43. The summed E-state index contributed by atoms with van der Waals surface area (Å²) in [6, 6.07) is 5.82. The van der Waals surface area contributed by atoms with Gasteiger partial charge < -0.3 is 11.1 Å². The summed E-state index contributed by atoms with van der Waals surface area (Å²) in [6.45, 7) is 7.68. The van der Waals surface area contributed by atoms with Crippen LogP contribution in [-0.4, -0.2) is 22.1 Å². The van der Waals surface area contributed by atoms with Crippen molar-refractivity contribution in [1.82, 2.24) is 10.2 Å². The topological polar surface area (TPSA) is 80.9 Å². The molecule has 0 aliphatic carbocycles. The first-order valence-electron chi connectivity index (χ1n) is 6.02. The Labute approximate surface area is 111 Å². The largest absolute Gasteiger partial charge is 0.380 e. The Morgan fingerprint density at radius 3 is 2.74 bits per heavy atom. The van der Waals surface area contributed by atoms with Gasteiger partial charge in [0, 0.05) is 11.4 Å². The Kier molecular flexibility index (Phi) is 3.46. The highest BCUT2D eigenvalue weighted by Gasteiger charge is 2.15. The summed E-state index contributed by atoms with van der Waals surface area (Å²) in [6.07, 6.45) is 1.73. The van der Waals surface area contributed by atoms with E-state index in [2.05, 4.69) is 22.1 Å². The average molecular weight is 256 g/mol. The molecule has 5 heteroatoms. The highest BCUT2D eigenvalue weighted by molar-refractivity contribution is 6.05. The van der Waals surface area contributed by atoms with Gasteiger partial charge in [0.15, 0.2) is 5.69 Å². The maximum Gasteiger partial charge on any atom is 0.271 e. The molecule has 1 aromatic heterocycles. The smallest absolute Gasteiger partial charge is 0.271 e. The molecule has 0 radical (unpaired) electrons. The van der Waals surface area contributed by atoms with Crippen LogP contribution >= 0.6 is 0 Å². The molecule has 1 amide bonds. The van der Waals surface area contributed by atoms with Crippen LogP contribution in [0.4, 0.5) is 5.69 Å². The highest BCUT2D eigenvalue weighted by atomic mass is 16.1. The van der Waals surface area contributed by atoms with Gasteiger partial charge in [0.05, 0.1) is 11.2 Å². The maximum absolute atomic E-state index is 11.4. The number of primary amides is 1. The van der Waals surface area contributed by atoms with E-state index >= 15 is 0 Å². The second kappa shape index (κ2) is 5.06. The van der Waals surface area contributed by atoms with Gasteiger partial charge in [0.1, 0.15) is 0 Å². The predicted octanol–water partition coefficient (Wildman–Crippen LogP) is 2.19. The number of hydrogen-bond donors (Lipinski definition) is 2. The molecule has 19 heavy (non-hydrogen) atoms. The molecular weight excluding hydrogens is 240 g/mol. The molecule has 0 bridgehead atoms. The van der Waals surface area contributed by atoms with Crippen LogP contribution < -0.4 is 11.1 Å². The Morgan fingerprint density at radius 2 is 2.16 bits per heavy atom. The molecule has 0 atom stereocenters. The molecular formula is C14H16N4O. The van der Waals surface area contributed by atoms with Crippen molar-refractivity contribution >= 4 is 28.6 Å². The van der Waals surface area contributed by atoms with Crippen molar-refractivity contribution in [3.8, 4) is 0 Å². The first-order valence-corrected chi connectivity index (χ1v) is 6.02. The van der Waals surface area contributed by atoms with Gasteiger partial charge >= 0.3 is 0 Å². The molecule has 1 aromatic carbocycles. The molecule has 0 fully saturated rings. The highest BCUT2D eigenvalue weighted by Crippen LogP contribution is 2.26. The van der Waals surface area contributed by atoms with Crippen molar-refractivity contribution < 1.29 is 4.79 Å². The number of carbonyl (C=O) groups is 1. The van der Waals surface area contributed by atoms with Crippen molar-refractivity contribution in [2.24, 2.45) is 5.73 Å². The molecule has 2 aromatic rings. The number of nitrogens with two attached hydrogens (primary N) is 1. The number of fused-ring (bicyclic) bond motifs is 1. The molecule has 0 spiro atoms. The van der Waals surface area contributed by atoms with E-state index in [-0.39, 0.29) is 11.7 Å². The molecule has 2 rings (SSSR count). The summed E-state index contributed by atoms with van der Waals surface area (Å²) in [7, 11) is 0. The predicted molar refractivity (Wildman–Crippen MR) is 76.9 cm³/mol. The fourth-order valence-electron chi connectivity index (χ4n) is 1.86. The summed E-state index contributed by atoms with van der Waals surface area (Å²) in [5, 5.41) is 12.0. The number of benzene rings is 1. The van der Waals surface area contributed by atoms with Crippen LogP contribution in [0, 0.1) is 0 Å². The van der Waals surface area contributed by atoms with Crippen molar-refractivity contribution in [2.75, 3.05) is 5.32 Å². The average Bonchev–Trinajstić information content (AvgIpc) is 2.37. The van der Waals surface area contributed by atoms with Gasteiger partial charge in [-0.05, 0) is 31.5 Å². The lowest BCUT2D eigenvalue weighted by Crippen LogP contribution is -2.20. The van der Waals surface area contributed by atoms with E-state index in [1.165, 1.54) is 0 Å². The molecule has 98 valence electrons. The summed E-state index contributed by atoms with van der Waals surface area (Å²) in [5.41, 5.74) is 7.78. The number of aromatic nitrogens is 2. The quantitative estimate of drug-likeness (QED) is 0.878. The van der Waals surface area contributed by atoms with Gasteiger partial charge in [0.25, 0.3) is 5.91 Å². The molecule has 0 saturated heterocycles. The zero-order valence-electron chi connectivity index (χ0n) is 11.0. The second-order valence-corrected chi connectivity index (χ2v) is 4.57. The molecule has 1 heterocycles. The molecule has 0 aliphatic heterocycles. The van der Waals surface area contributed by atoms with Crippen molar-refractivity contribution in [3.63, 3.8) is 0 Å². The lowest BCUT2D eigenvalue weighted by Gasteiger charge is -2.14. The lowest BCUT2D eigenvalue weighted by molar-refractivity contribution is 0.0995. The van der Waals surface area contributed by atoms with E-state index in [9.17, 15) is 4.79 Å². The Morgan fingerprint density at radius 1 is 1.42 bits per heavy atom. The van der Waals surface area contributed by atoms with Gasteiger partial charge in [-0.2, -0.15) is 0 Å². The van der Waals surface area contributed by atoms with E-state index in [0.717, 1.165) is 10.9 Å². The van der Waals surface area contributed by atoms with E-state index in [1.807, 2.05) is 32.0 Å². The minimum Gasteiger partial charge on any atom is -0.380 e. The minimum absolute atomic E-state index is 0.157. The van der Waals surface area contributed by atoms with Crippen LogP contribution in [0.15, 0.2) is 24.8 Å². The summed E-state index contributed by atoms with van der Waals surface area (Å²) < 4.78 is 0. The number of rotatable bonds is 4. The van der Waals surface area contributed by atoms with Crippen LogP contribution in [0.5, 0.6) is 0 Å². The number of hydrogen-bond acceptors (Lipinski definition) is 4. The third-order valence-electron chi connectivity index (χ3n) is 2.69. The second-order valence-electron chi connectivity index (χ2n) is 4.57. The van der Waals surface area contributed by atoms with Crippen molar-refractivity contribution in [1.29, 1.82) is 0 Å². The normalized spacial score (nSPS) is 10.7. The number of nitrogens with zero attached hydrogens (tertiary/aromatic N) is 2. The monoisotopic (exact) mass is 256 g/mol. The summed E-state index contributed by atoms with van der Waals surface area (Å²) in [4.78, 5) is 11.4. The first kappa shape index (κ1) is 13.0. The number of nitrogens with one attached hydrogen (secondary N) is 1. The van der Waals surface area contributed by atoms with Crippen LogP contribution in [0.3, 0.4) is 0 Å². The number of amides is 1. The molecule has 0 saturated carbocycles. The zero-order chi connectivity index (χ0) is 14.0. The van der Waals surface area contributed by atoms with Gasteiger partial charge in [-0.1, -0.05) is 18.7 Å². The minimum atomic E-state index is -0.592. The fraction of sp³-hybridized carbons (Fsp3) is 0.214. The SMILES string of the molecule is C=Cc1ccc2c(NC(C)C)c(C(N)=O)nnc2c1. The maximum atomic E-state index is 11.4. The fourth-order valence-corrected chi connectivity index (χ4v) is 1.86. The van der Waals surface area contributed by atoms with Crippen LogP contribution in [0.1, 0.15) is 29.9 Å². The Balaban J connectivity index is 2.71. The standard InChI is InChI=1S/C14H16N4O/c1-4-9-5-6-10-11(7-9)17-18-13(14(15)19)12(10)16-8(2)3/h4-8H,1H2,2-3H3,(H2,15,19)(H,16,17). The molecule has 3 N–H and O–H groups in total. The number of carbonyl (C=O) groups excluding carboxylic acids is 1. The lowest BCUT2D eigenvalue weighted by atomic mass is 10.1. The van der Waals surface area contributed by atoms with Crippen molar-refractivity contribution in [3.05, 3.63) is 36.0 Å². The van der Waals surface area contributed by atoms with Crippen LogP contribution in [0.2, 0.25) is 0 Å². The molecule has 0 aliphatic rings. The van der Waals surface area contributed by atoms with Crippen LogP contribution in [-0.2, 0) is 0 Å². The molecule has 5 nitrogen and oxygen atoms in total. The zero-order valence-corrected chi connectivity index (χ0v) is 11.0. The third kappa shape index (κ3) is 2.54. The Bertz CT molecular complexity index is 649. The summed E-state index contributed by atoms with van der Waals surface area (Å²) >= 11 is 0. The van der Waals surface area contributed by atoms with E-state index in [4.69, 9.17) is 5.73 Å². The van der Waals surface area contributed by atoms with E-state index < -0.39 is 5.91 Å². The van der Waals surface area contributed by atoms with E-state index in [1.54, 1.807) is 6.08 Å². The van der Waals surface area contributed by atoms with Crippen LogP contribution in [0.25, 0.3) is 17.0 Å². The van der Waals surface area contributed by atoms with Crippen molar-refractivity contribution in [2.45, 2.75) is 19.9 Å². The van der Waals surface area contributed by atoms with E-state index in [0.29, 0.717) is 11.2 Å². The molecule has 0 unspecified atom stereocenters. The summed E-state index contributed by atoms with van der Waals surface area (Å²) in [5.74, 6) is -0.592. The van der Waals surface area contributed by atoms with Gasteiger partial charge in [-0.15, -0.1) is 10.2 Å². The first-order chi connectivity index (χ1) is 9.02. The van der Waals surface area contributed by atoms with Gasteiger partial charge in [-0.3, -0.25) is 4.79 Å². The van der Waals surface area contributed by atoms with Gasteiger partial charge in [0.2, 0.25) is 0 Å². The number of anilines is 1. The third-order valence-corrected chi connectivity index (χ3v) is 2.69.